The van der Waals surface area contributed by atoms with Gasteiger partial charge in [-0.1, -0.05) is 94.8 Å². The third-order valence-electron chi connectivity index (χ3n) is 8.34. The molecule has 0 saturated heterocycles. The minimum Gasteiger partial charge on any atom is -0.456 e. The van der Waals surface area contributed by atoms with Gasteiger partial charge in [-0.2, -0.15) is 0 Å². The molecule has 0 atom stereocenters. The van der Waals surface area contributed by atoms with Crippen molar-refractivity contribution in [3.8, 4) is 45.0 Å². The Bertz CT molecular complexity index is 2560. The van der Waals surface area contributed by atoms with Crippen molar-refractivity contribution in [2.24, 2.45) is 0 Å². The van der Waals surface area contributed by atoms with Gasteiger partial charge in [-0.05, 0) is 71.8 Å². The molecule has 45 heavy (non-hydrogen) atoms. The van der Waals surface area contributed by atoms with E-state index >= 15 is 0 Å². The van der Waals surface area contributed by atoms with Crippen LogP contribution in [0.1, 0.15) is 0 Å². The maximum atomic E-state index is 6.20. The van der Waals surface area contributed by atoms with Gasteiger partial charge in [0.1, 0.15) is 22.3 Å². The second-order valence-corrected chi connectivity index (χ2v) is 12.1. The lowest BCUT2D eigenvalue weighted by molar-refractivity contribution is 0.668. The number of para-hydroxylation sites is 2. The second kappa shape index (κ2) is 10.3. The number of hydrogen-bond donors (Lipinski definition) is 0. The average molecular weight is 644 g/mol. The van der Waals surface area contributed by atoms with Gasteiger partial charge in [0.25, 0.3) is 0 Å². The Morgan fingerprint density at radius 1 is 0.422 bits per heavy atom. The Hall–Kier alpha value is -5.52. The molecule has 0 fully saturated rings. The van der Waals surface area contributed by atoms with E-state index in [1.807, 2.05) is 78.9 Å². The van der Waals surface area contributed by atoms with E-state index in [2.05, 4.69) is 76.6 Å². The molecule has 0 N–H and O–H groups in total. The molecule has 0 spiro atoms. The van der Waals surface area contributed by atoms with Gasteiger partial charge in [-0.15, -0.1) is 0 Å². The van der Waals surface area contributed by atoms with Gasteiger partial charge in [-0.3, -0.25) is 0 Å². The van der Waals surface area contributed by atoms with Crippen molar-refractivity contribution >= 4 is 59.8 Å². The van der Waals surface area contributed by atoms with Crippen LogP contribution in [0.3, 0.4) is 0 Å². The number of nitrogens with zero attached hydrogens (tertiary/aromatic N) is 2. The monoisotopic (exact) mass is 642 g/mol. The first-order valence-corrected chi connectivity index (χ1v) is 15.5. The summed E-state index contributed by atoms with van der Waals surface area (Å²) >= 11 is 3.81. The van der Waals surface area contributed by atoms with Crippen molar-refractivity contribution in [2.45, 2.75) is 0 Å². The summed E-state index contributed by atoms with van der Waals surface area (Å²) in [5.74, 6) is 0.671. The Labute approximate surface area is 266 Å². The summed E-state index contributed by atoms with van der Waals surface area (Å²) in [4.78, 5) is 10.2. The molecule has 0 amide bonds. The molecule has 0 unspecified atom stereocenters. The second-order valence-electron chi connectivity index (χ2n) is 11.1. The summed E-state index contributed by atoms with van der Waals surface area (Å²) in [5, 5.41) is 4.35. The number of fused-ring (bicyclic) bond motifs is 6. The molecule has 3 aromatic heterocycles. The minimum absolute atomic E-state index is 0.671. The van der Waals surface area contributed by atoms with Crippen molar-refractivity contribution in [1.29, 1.82) is 0 Å². The molecule has 9 rings (SSSR count). The van der Waals surface area contributed by atoms with Gasteiger partial charge >= 0.3 is 0 Å². The molecule has 0 saturated carbocycles. The fourth-order valence-electron chi connectivity index (χ4n) is 6.25. The Kier molecular flexibility index (Phi) is 5.93. The molecular weight excluding hydrogens is 620 g/mol. The van der Waals surface area contributed by atoms with Crippen LogP contribution in [0.4, 0.5) is 0 Å². The smallest absolute Gasteiger partial charge is 0.160 e. The highest BCUT2D eigenvalue weighted by atomic mass is 79.9. The predicted molar refractivity (Wildman–Crippen MR) is 186 cm³/mol. The number of halogens is 1. The van der Waals surface area contributed by atoms with Crippen LogP contribution in [-0.4, -0.2) is 9.97 Å². The number of benzene rings is 6. The van der Waals surface area contributed by atoms with Gasteiger partial charge in [0.2, 0.25) is 0 Å². The Morgan fingerprint density at radius 2 is 1.07 bits per heavy atom. The van der Waals surface area contributed by atoms with Gasteiger partial charge < -0.3 is 8.83 Å². The van der Waals surface area contributed by atoms with Crippen LogP contribution in [0.5, 0.6) is 0 Å². The molecule has 6 aromatic carbocycles. The van der Waals surface area contributed by atoms with E-state index in [-0.39, 0.29) is 0 Å². The molecule has 3 heterocycles. The lowest BCUT2D eigenvalue weighted by atomic mass is 9.96. The molecule has 9 aromatic rings. The maximum Gasteiger partial charge on any atom is 0.160 e. The first-order chi connectivity index (χ1) is 22.2. The lowest BCUT2D eigenvalue weighted by Crippen LogP contribution is -1.96. The van der Waals surface area contributed by atoms with E-state index in [0.29, 0.717) is 5.82 Å². The third kappa shape index (κ3) is 4.43. The van der Waals surface area contributed by atoms with E-state index in [4.69, 9.17) is 18.8 Å². The molecule has 5 heteroatoms. The number of furan rings is 2. The minimum atomic E-state index is 0.671. The van der Waals surface area contributed by atoms with Crippen LogP contribution in [0, 0.1) is 0 Å². The topological polar surface area (TPSA) is 52.1 Å². The SMILES string of the molecule is Brc1cc(-c2cc(-c3ccc4oc5ccccc5c4c3)nc(-c3ccccc3)n2)cc(-c2cccc3oc4ccccc4c23)c1. The van der Waals surface area contributed by atoms with Crippen molar-refractivity contribution in [1.82, 2.24) is 9.97 Å². The molecule has 0 radical (unpaired) electrons. The largest absolute Gasteiger partial charge is 0.456 e. The highest BCUT2D eigenvalue weighted by Crippen LogP contribution is 2.40. The van der Waals surface area contributed by atoms with E-state index in [1.54, 1.807) is 0 Å². The standard InChI is InChI=1S/C40H23BrN2O2/c41-28-20-26(29-13-8-16-38-39(29)31-12-5-7-15-36(31)45-38)19-27(21-28)34-23-33(42-40(43-34)24-9-2-1-3-10-24)25-17-18-37-32(22-25)30-11-4-6-14-35(30)44-37/h1-23H. The summed E-state index contributed by atoms with van der Waals surface area (Å²) in [5.41, 5.74) is 10.3. The van der Waals surface area contributed by atoms with Crippen molar-refractivity contribution in [2.75, 3.05) is 0 Å². The fourth-order valence-corrected chi connectivity index (χ4v) is 6.75. The zero-order valence-electron chi connectivity index (χ0n) is 23.9. The average Bonchev–Trinajstić information content (AvgIpc) is 3.66. The predicted octanol–water partition coefficient (Wildman–Crippen LogP) is 11.7. The van der Waals surface area contributed by atoms with Crippen molar-refractivity contribution in [3.63, 3.8) is 0 Å². The first-order valence-electron chi connectivity index (χ1n) is 14.8. The lowest BCUT2D eigenvalue weighted by Gasteiger charge is -2.12. The molecule has 0 bridgehead atoms. The molecule has 0 aliphatic heterocycles. The van der Waals surface area contributed by atoms with E-state index in [9.17, 15) is 0 Å². The van der Waals surface area contributed by atoms with Crippen molar-refractivity contribution in [3.05, 3.63) is 144 Å². The molecular formula is C40H23BrN2O2. The van der Waals surface area contributed by atoms with Gasteiger partial charge in [0, 0.05) is 42.7 Å². The van der Waals surface area contributed by atoms with E-state index in [0.717, 1.165) is 87.6 Å². The number of aromatic nitrogens is 2. The van der Waals surface area contributed by atoms with Crippen LogP contribution in [0.25, 0.3) is 88.9 Å². The zero-order valence-corrected chi connectivity index (χ0v) is 25.5. The van der Waals surface area contributed by atoms with Gasteiger partial charge in [-0.25, -0.2) is 9.97 Å². The van der Waals surface area contributed by atoms with Crippen LogP contribution in [0.2, 0.25) is 0 Å². The summed E-state index contributed by atoms with van der Waals surface area (Å²) in [6.07, 6.45) is 0. The van der Waals surface area contributed by atoms with Gasteiger partial charge in [0.15, 0.2) is 5.82 Å². The summed E-state index contributed by atoms with van der Waals surface area (Å²) in [7, 11) is 0. The normalized spacial score (nSPS) is 11.7. The Balaban J connectivity index is 1.25. The third-order valence-corrected chi connectivity index (χ3v) is 8.80. The highest BCUT2D eigenvalue weighted by Gasteiger charge is 2.16. The molecule has 212 valence electrons. The van der Waals surface area contributed by atoms with E-state index < -0.39 is 0 Å². The summed E-state index contributed by atoms with van der Waals surface area (Å²) in [6.45, 7) is 0. The number of rotatable bonds is 4. The van der Waals surface area contributed by atoms with Crippen molar-refractivity contribution < 1.29 is 8.83 Å². The van der Waals surface area contributed by atoms with Gasteiger partial charge in [0.05, 0.1) is 11.4 Å². The maximum absolute atomic E-state index is 6.20. The highest BCUT2D eigenvalue weighted by molar-refractivity contribution is 9.10. The summed E-state index contributed by atoms with van der Waals surface area (Å²) in [6, 6.07) is 47.5. The zero-order chi connectivity index (χ0) is 29.9. The summed E-state index contributed by atoms with van der Waals surface area (Å²) < 4.78 is 13.3. The first kappa shape index (κ1) is 25.9. The number of hydrogen-bond acceptors (Lipinski definition) is 4. The van der Waals surface area contributed by atoms with E-state index in [1.165, 1.54) is 0 Å². The molecule has 0 aliphatic carbocycles. The Morgan fingerprint density at radius 3 is 1.91 bits per heavy atom. The molecule has 4 nitrogen and oxygen atoms in total. The quantitative estimate of drug-likeness (QED) is 0.192. The van der Waals surface area contributed by atoms with Crippen LogP contribution < -0.4 is 0 Å². The van der Waals surface area contributed by atoms with Crippen LogP contribution in [0.15, 0.2) is 153 Å². The van der Waals surface area contributed by atoms with Crippen LogP contribution >= 0.6 is 15.9 Å². The molecule has 0 aliphatic rings. The van der Waals surface area contributed by atoms with Crippen LogP contribution in [-0.2, 0) is 0 Å². The fraction of sp³-hybridized carbons (Fsp3) is 0.